The molecule has 0 aromatic heterocycles. The maximum absolute atomic E-state index is 11.8. The fraction of sp³-hybridized carbons (Fsp3) is 0.467. The quantitative estimate of drug-likeness (QED) is 0.740. The minimum absolute atomic E-state index is 0.00644. The van der Waals surface area contributed by atoms with Crippen LogP contribution in [0.15, 0.2) is 12.1 Å². The number of hydrogen-bond donors (Lipinski definition) is 0. The second kappa shape index (κ2) is 6.92. The SMILES string of the molecule is COC(=O)CCC(=O)Cc1ccc(C)c(C)c1OC. The van der Waals surface area contributed by atoms with Gasteiger partial charge in [-0.3, -0.25) is 9.59 Å². The first-order chi connectivity index (χ1) is 8.99. The molecule has 1 aromatic rings. The first-order valence-corrected chi connectivity index (χ1v) is 6.21. The summed E-state index contributed by atoms with van der Waals surface area (Å²) in [5.74, 6) is 0.402. The van der Waals surface area contributed by atoms with Gasteiger partial charge in [-0.15, -0.1) is 0 Å². The van der Waals surface area contributed by atoms with Crippen LogP contribution in [0, 0.1) is 13.8 Å². The fourth-order valence-corrected chi connectivity index (χ4v) is 1.91. The molecule has 19 heavy (non-hydrogen) atoms. The Labute approximate surface area is 113 Å². The Hall–Kier alpha value is -1.84. The maximum atomic E-state index is 11.8. The number of aryl methyl sites for hydroxylation is 1. The van der Waals surface area contributed by atoms with Crippen LogP contribution in [0.25, 0.3) is 0 Å². The van der Waals surface area contributed by atoms with Crippen LogP contribution in [0.5, 0.6) is 5.75 Å². The molecule has 0 bridgehead atoms. The van der Waals surface area contributed by atoms with Gasteiger partial charge >= 0.3 is 5.97 Å². The van der Waals surface area contributed by atoms with E-state index in [1.54, 1.807) is 7.11 Å². The summed E-state index contributed by atoms with van der Waals surface area (Å²) in [6.45, 7) is 3.97. The molecule has 0 amide bonds. The average Bonchev–Trinajstić information content (AvgIpc) is 2.40. The molecule has 0 N–H and O–H groups in total. The summed E-state index contributed by atoms with van der Waals surface area (Å²) < 4.78 is 9.88. The van der Waals surface area contributed by atoms with Gasteiger partial charge in [-0.25, -0.2) is 0 Å². The second-order valence-corrected chi connectivity index (χ2v) is 4.49. The third-order valence-electron chi connectivity index (χ3n) is 3.19. The lowest BCUT2D eigenvalue weighted by molar-refractivity contribution is -0.141. The van der Waals surface area contributed by atoms with Gasteiger partial charge in [-0.1, -0.05) is 12.1 Å². The van der Waals surface area contributed by atoms with E-state index >= 15 is 0 Å². The topological polar surface area (TPSA) is 52.6 Å². The summed E-state index contributed by atoms with van der Waals surface area (Å²) in [6.07, 6.45) is 0.604. The highest BCUT2D eigenvalue weighted by molar-refractivity contribution is 5.85. The Kier molecular flexibility index (Phi) is 5.55. The molecule has 0 saturated carbocycles. The predicted octanol–water partition coefficient (Wildman–Crippen LogP) is 2.38. The van der Waals surface area contributed by atoms with Crippen LogP contribution in [0.3, 0.4) is 0 Å². The number of Topliss-reactive ketones (excluding diaryl/α,β-unsaturated/α-hetero) is 1. The van der Waals surface area contributed by atoms with E-state index in [0.717, 1.165) is 22.4 Å². The number of esters is 1. The summed E-state index contributed by atoms with van der Waals surface area (Å²) in [5.41, 5.74) is 3.03. The molecule has 0 aliphatic carbocycles. The molecule has 0 unspecified atom stereocenters. The molecule has 4 heteroatoms. The molecule has 0 aliphatic heterocycles. The van der Waals surface area contributed by atoms with Gasteiger partial charge < -0.3 is 9.47 Å². The van der Waals surface area contributed by atoms with Crippen molar-refractivity contribution in [1.82, 2.24) is 0 Å². The van der Waals surface area contributed by atoms with Gasteiger partial charge in [0.2, 0.25) is 0 Å². The molecule has 0 spiro atoms. The van der Waals surface area contributed by atoms with E-state index in [0.29, 0.717) is 0 Å². The minimum Gasteiger partial charge on any atom is -0.496 e. The van der Waals surface area contributed by atoms with Gasteiger partial charge in [-0.05, 0) is 25.0 Å². The number of carbonyl (C=O) groups excluding carboxylic acids is 2. The second-order valence-electron chi connectivity index (χ2n) is 4.49. The first kappa shape index (κ1) is 15.2. The van der Waals surface area contributed by atoms with Gasteiger partial charge in [0, 0.05) is 18.4 Å². The zero-order valence-electron chi connectivity index (χ0n) is 11.9. The lowest BCUT2D eigenvalue weighted by Gasteiger charge is -2.13. The predicted molar refractivity (Wildman–Crippen MR) is 72.4 cm³/mol. The van der Waals surface area contributed by atoms with Gasteiger partial charge in [0.1, 0.15) is 11.5 Å². The van der Waals surface area contributed by atoms with Crippen LogP contribution in [0.1, 0.15) is 29.5 Å². The Morgan fingerprint density at radius 2 is 1.79 bits per heavy atom. The van der Waals surface area contributed by atoms with E-state index in [-0.39, 0.29) is 31.0 Å². The van der Waals surface area contributed by atoms with Gasteiger partial charge in [0.05, 0.1) is 20.6 Å². The van der Waals surface area contributed by atoms with Crippen molar-refractivity contribution in [3.63, 3.8) is 0 Å². The van der Waals surface area contributed by atoms with Crippen LogP contribution in [0.2, 0.25) is 0 Å². The third kappa shape index (κ3) is 4.09. The molecule has 0 radical (unpaired) electrons. The Morgan fingerprint density at radius 1 is 1.11 bits per heavy atom. The van der Waals surface area contributed by atoms with Crippen molar-refractivity contribution in [2.75, 3.05) is 14.2 Å². The van der Waals surface area contributed by atoms with E-state index in [1.165, 1.54) is 7.11 Å². The van der Waals surface area contributed by atoms with Crippen LogP contribution < -0.4 is 4.74 Å². The molecular weight excluding hydrogens is 244 g/mol. The lowest BCUT2D eigenvalue weighted by Crippen LogP contribution is -2.09. The van der Waals surface area contributed by atoms with E-state index in [2.05, 4.69) is 4.74 Å². The number of benzene rings is 1. The highest BCUT2D eigenvalue weighted by Crippen LogP contribution is 2.26. The van der Waals surface area contributed by atoms with Crippen LogP contribution in [-0.4, -0.2) is 26.0 Å². The molecule has 1 rings (SSSR count). The van der Waals surface area contributed by atoms with E-state index in [4.69, 9.17) is 4.74 Å². The number of carbonyl (C=O) groups is 2. The first-order valence-electron chi connectivity index (χ1n) is 6.21. The highest BCUT2D eigenvalue weighted by atomic mass is 16.5. The molecule has 0 saturated heterocycles. The van der Waals surface area contributed by atoms with Crippen molar-refractivity contribution >= 4 is 11.8 Å². The van der Waals surface area contributed by atoms with E-state index in [1.807, 2.05) is 26.0 Å². The van der Waals surface area contributed by atoms with Crippen molar-refractivity contribution in [2.24, 2.45) is 0 Å². The Bertz CT molecular complexity index is 477. The Balaban J connectivity index is 2.74. The number of rotatable bonds is 6. The molecule has 1 aromatic carbocycles. The summed E-state index contributed by atoms with van der Waals surface area (Å²) in [5, 5.41) is 0. The fourth-order valence-electron chi connectivity index (χ4n) is 1.91. The summed E-state index contributed by atoms with van der Waals surface area (Å²) in [6, 6.07) is 3.87. The van der Waals surface area contributed by atoms with Crippen LogP contribution >= 0.6 is 0 Å². The molecule has 0 aliphatic rings. The highest BCUT2D eigenvalue weighted by Gasteiger charge is 2.13. The zero-order chi connectivity index (χ0) is 14.4. The molecule has 104 valence electrons. The van der Waals surface area contributed by atoms with Gasteiger partial charge in [0.25, 0.3) is 0 Å². The van der Waals surface area contributed by atoms with E-state index < -0.39 is 0 Å². The van der Waals surface area contributed by atoms with Crippen molar-refractivity contribution in [1.29, 1.82) is 0 Å². The van der Waals surface area contributed by atoms with Crippen molar-refractivity contribution in [2.45, 2.75) is 33.1 Å². The molecule has 0 fully saturated rings. The third-order valence-corrected chi connectivity index (χ3v) is 3.19. The number of methoxy groups -OCH3 is 2. The number of hydrogen-bond acceptors (Lipinski definition) is 4. The van der Waals surface area contributed by atoms with Crippen molar-refractivity contribution < 1.29 is 19.1 Å². The number of ketones is 1. The summed E-state index contributed by atoms with van der Waals surface area (Å²) in [7, 11) is 2.92. The Morgan fingerprint density at radius 3 is 2.37 bits per heavy atom. The van der Waals surface area contributed by atoms with E-state index in [9.17, 15) is 9.59 Å². The van der Waals surface area contributed by atoms with Crippen molar-refractivity contribution in [3.05, 3.63) is 28.8 Å². The van der Waals surface area contributed by atoms with Crippen LogP contribution in [0.4, 0.5) is 0 Å². The standard InChI is InChI=1S/C15H20O4/c1-10-5-6-12(15(19-4)11(10)2)9-13(16)7-8-14(17)18-3/h5-6H,7-9H2,1-4H3. The minimum atomic E-state index is -0.361. The average molecular weight is 264 g/mol. The molecule has 0 atom stereocenters. The normalized spacial score (nSPS) is 10.1. The largest absolute Gasteiger partial charge is 0.496 e. The molecule has 4 nitrogen and oxygen atoms in total. The molecule has 0 heterocycles. The smallest absolute Gasteiger partial charge is 0.305 e. The monoisotopic (exact) mass is 264 g/mol. The lowest BCUT2D eigenvalue weighted by atomic mass is 9.99. The zero-order valence-corrected chi connectivity index (χ0v) is 11.9. The van der Waals surface area contributed by atoms with Gasteiger partial charge in [0.15, 0.2) is 0 Å². The van der Waals surface area contributed by atoms with Crippen molar-refractivity contribution in [3.8, 4) is 5.75 Å². The maximum Gasteiger partial charge on any atom is 0.305 e. The van der Waals surface area contributed by atoms with Gasteiger partial charge in [-0.2, -0.15) is 0 Å². The number of ether oxygens (including phenoxy) is 2. The van der Waals surface area contributed by atoms with Crippen LogP contribution in [-0.2, 0) is 20.7 Å². The molecular formula is C15H20O4. The summed E-state index contributed by atoms with van der Waals surface area (Å²) >= 11 is 0. The summed E-state index contributed by atoms with van der Waals surface area (Å²) in [4.78, 5) is 22.8.